The number of anilines is 1. The summed E-state index contributed by atoms with van der Waals surface area (Å²) in [6.45, 7) is 3.23. The van der Waals surface area contributed by atoms with Gasteiger partial charge in [-0.15, -0.1) is 11.3 Å². The summed E-state index contributed by atoms with van der Waals surface area (Å²) in [5.74, 6) is 0. The Balaban J connectivity index is 1.91. The zero-order valence-corrected chi connectivity index (χ0v) is 17.6. The smallest absolute Gasteiger partial charge is 0.293 e. The number of aromatic nitrogens is 1. The minimum absolute atomic E-state index is 0.0252. The Morgan fingerprint density at radius 2 is 1.93 bits per heavy atom. The van der Waals surface area contributed by atoms with Crippen molar-refractivity contribution in [3.8, 4) is 0 Å². The summed E-state index contributed by atoms with van der Waals surface area (Å²) in [4.78, 5) is 17.2. The lowest BCUT2D eigenvalue weighted by molar-refractivity contribution is -0.384. The quantitative estimate of drug-likeness (QED) is 0.520. The number of thiazole rings is 1. The van der Waals surface area contributed by atoms with Crippen LogP contribution in [0.4, 0.5) is 11.4 Å². The second-order valence-electron chi connectivity index (χ2n) is 6.94. The van der Waals surface area contributed by atoms with E-state index in [1.54, 1.807) is 11.9 Å². The number of nitro benzene ring substituents is 1. The predicted molar refractivity (Wildman–Crippen MR) is 109 cm³/mol. The maximum Gasteiger partial charge on any atom is 0.293 e. The molecular weight excluding hydrogens is 400 g/mol. The first-order chi connectivity index (χ1) is 13.3. The molecule has 0 spiro atoms. The highest BCUT2D eigenvalue weighted by atomic mass is 32.2. The molecule has 0 aliphatic carbocycles. The maximum absolute atomic E-state index is 13.0. The minimum Gasteiger partial charge on any atom is -0.363 e. The number of aryl methyl sites for hydroxylation is 1. The van der Waals surface area contributed by atoms with Gasteiger partial charge in [-0.1, -0.05) is 12.8 Å². The molecule has 0 radical (unpaired) electrons. The first-order valence-corrected chi connectivity index (χ1v) is 11.5. The van der Waals surface area contributed by atoms with E-state index in [9.17, 15) is 18.5 Å². The van der Waals surface area contributed by atoms with Crippen LogP contribution in [0.25, 0.3) is 0 Å². The van der Waals surface area contributed by atoms with Gasteiger partial charge in [0.2, 0.25) is 10.0 Å². The molecule has 0 amide bonds. The van der Waals surface area contributed by atoms with Crippen LogP contribution in [-0.4, -0.2) is 42.8 Å². The largest absolute Gasteiger partial charge is 0.363 e. The monoisotopic (exact) mass is 424 g/mol. The van der Waals surface area contributed by atoms with Crippen molar-refractivity contribution in [3.05, 3.63) is 44.4 Å². The maximum atomic E-state index is 13.0. The van der Waals surface area contributed by atoms with E-state index in [4.69, 9.17) is 0 Å². The molecule has 1 aromatic carbocycles. The zero-order valence-electron chi connectivity index (χ0n) is 16.0. The van der Waals surface area contributed by atoms with Crippen LogP contribution in [0.1, 0.15) is 36.4 Å². The number of sulfonamides is 1. The summed E-state index contributed by atoms with van der Waals surface area (Å²) >= 11 is 1.52. The van der Waals surface area contributed by atoms with Gasteiger partial charge in [0.05, 0.1) is 27.1 Å². The fourth-order valence-corrected chi connectivity index (χ4v) is 5.51. The molecule has 3 rings (SSSR count). The van der Waals surface area contributed by atoms with Crippen molar-refractivity contribution in [2.45, 2.75) is 44.0 Å². The standard InChI is InChI=1S/C18H24N4O4S2/c1-14-19-15(13-27-14)12-20(2)17-8-7-16(11-18(17)22(23)24)28(25,26)21-9-5-3-4-6-10-21/h7-8,11,13H,3-6,9-10,12H2,1-2H3. The molecule has 28 heavy (non-hydrogen) atoms. The first-order valence-electron chi connectivity index (χ1n) is 9.20. The lowest BCUT2D eigenvalue weighted by atomic mass is 10.2. The van der Waals surface area contributed by atoms with Crippen molar-refractivity contribution < 1.29 is 13.3 Å². The third kappa shape index (κ3) is 4.50. The van der Waals surface area contributed by atoms with Gasteiger partial charge in [0.15, 0.2) is 0 Å². The van der Waals surface area contributed by atoms with Crippen LogP contribution in [0.2, 0.25) is 0 Å². The molecule has 0 N–H and O–H groups in total. The molecule has 2 heterocycles. The van der Waals surface area contributed by atoms with Gasteiger partial charge in [-0.3, -0.25) is 10.1 Å². The number of nitro groups is 1. The number of rotatable bonds is 6. The Bertz CT molecular complexity index is 950. The van der Waals surface area contributed by atoms with E-state index in [2.05, 4.69) is 4.98 Å². The van der Waals surface area contributed by atoms with Gasteiger partial charge in [-0.2, -0.15) is 4.31 Å². The summed E-state index contributed by atoms with van der Waals surface area (Å²) in [7, 11) is -2.00. The predicted octanol–water partition coefficient (Wildman–Crippen LogP) is 3.56. The van der Waals surface area contributed by atoms with Gasteiger partial charge in [-0.05, 0) is 31.9 Å². The van der Waals surface area contributed by atoms with Gasteiger partial charge >= 0.3 is 0 Å². The van der Waals surface area contributed by atoms with Crippen molar-refractivity contribution in [3.63, 3.8) is 0 Å². The number of hydrogen-bond acceptors (Lipinski definition) is 7. The van der Waals surface area contributed by atoms with E-state index < -0.39 is 14.9 Å². The lowest BCUT2D eigenvalue weighted by Gasteiger charge is -2.21. The van der Waals surface area contributed by atoms with E-state index in [0.717, 1.165) is 36.4 Å². The Labute approximate surface area is 169 Å². The number of hydrogen-bond donors (Lipinski definition) is 0. The van der Waals surface area contributed by atoms with Crippen molar-refractivity contribution in [1.29, 1.82) is 0 Å². The molecule has 1 aliphatic heterocycles. The molecule has 1 fully saturated rings. The summed E-state index contributed by atoms with van der Waals surface area (Å²) < 4.78 is 27.4. The molecule has 0 atom stereocenters. The van der Waals surface area contributed by atoms with E-state index in [0.29, 0.717) is 25.3 Å². The third-order valence-corrected chi connectivity index (χ3v) is 7.54. The highest BCUT2D eigenvalue weighted by Crippen LogP contribution is 2.32. The molecule has 1 saturated heterocycles. The SMILES string of the molecule is Cc1nc(CN(C)c2ccc(S(=O)(=O)N3CCCCCC3)cc2[N+](=O)[O-])cs1. The van der Waals surface area contributed by atoms with E-state index >= 15 is 0 Å². The molecule has 8 nitrogen and oxygen atoms in total. The normalized spacial score (nSPS) is 15.9. The fourth-order valence-electron chi connectivity index (χ4n) is 3.37. The highest BCUT2D eigenvalue weighted by Gasteiger charge is 2.28. The summed E-state index contributed by atoms with van der Waals surface area (Å²) in [5, 5.41) is 14.5. The van der Waals surface area contributed by atoms with Crippen LogP contribution in [0, 0.1) is 17.0 Å². The molecule has 1 aliphatic rings. The van der Waals surface area contributed by atoms with E-state index in [-0.39, 0.29) is 10.6 Å². The zero-order chi connectivity index (χ0) is 20.3. The van der Waals surface area contributed by atoms with Gasteiger partial charge in [0, 0.05) is 31.6 Å². The molecule has 10 heteroatoms. The Kier molecular flexibility index (Phi) is 6.31. The summed E-state index contributed by atoms with van der Waals surface area (Å²) in [5.41, 5.74) is 0.969. The van der Waals surface area contributed by atoms with Crippen LogP contribution in [-0.2, 0) is 16.6 Å². The van der Waals surface area contributed by atoms with Crippen molar-refractivity contribution in [1.82, 2.24) is 9.29 Å². The minimum atomic E-state index is -3.74. The number of nitrogens with zero attached hydrogens (tertiary/aromatic N) is 4. The van der Waals surface area contributed by atoms with Gasteiger partial charge in [0.1, 0.15) is 5.69 Å². The van der Waals surface area contributed by atoms with Gasteiger partial charge < -0.3 is 4.90 Å². The van der Waals surface area contributed by atoms with Crippen LogP contribution in [0.15, 0.2) is 28.5 Å². The molecule has 2 aromatic rings. The molecule has 0 unspecified atom stereocenters. The molecule has 0 saturated carbocycles. The fraction of sp³-hybridized carbons (Fsp3) is 0.500. The van der Waals surface area contributed by atoms with Crippen LogP contribution in [0.3, 0.4) is 0 Å². The third-order valence-electron chi connectivity index (χ3n) is 4.82. The van der Waals surface area contributed by atoms with E-state index in [1.807, 2.05) is 12.3 Å². The van der Waals surface area contributed by atoms with Crippen molar-refractivity contribution in [2.75, 3.05) is 25.0 Å². The second kappa shape index (κ2) is 8.54. The Hall–Kier alpha value is -2.04. The summed E-state index contributed by atoms with van der Waals surface area (Å²) in [6, 6.07) is 4.16. The molecule has 1 aromatic heterocycles. The van der Waals surface area contributed by atoms with E-state index in [1.165, 1.54) is 33.8 Å². The Morgan fingerprint density at radius 3 is 2.50 bits per heavy atom. The van der Waals surface area contributed by atoms with Crippen LogP contribution < -0.4 is 4.90 Å². The highest BCUT2D eigenvalue weighted by molar-refractivity contribution is 7.89. The molecule has 0 bridgehead atoms. The number of benzene rings is 1. The van der Waals surface area contributed by atoms with Gasteiger partial charge in [0.25, 0.3) is 5.69 Å². The van der Waals surface area contributed by atoms with Crippen molar-refractivity contribution in [2.24, 2.45) is 0 Å². The lowest BCUT2D eigenvalue weighted by Crippen LogP contribution is -2.32. The van der Waals surface area contributed by atoms with Crippen LogP contribution in [0.5, 0.6) is 0 Å². The average molecular weight is 425 g/mol. The van der Waals surface area contributed by atoms with Crippen LogP contribution >= 0.6 is 11.3 Å². The second-order valence-corrected chi connectivity index (χ2v) is 9.94. The Morgan fingerprint density at radius 1 is 1.25 bits per heavy atom. The average Bonchev–Trinajstić information content (AvgIpc) is 2.89. The topological polar surface area (TPSA) is 96.7 Å². The first kappa shape index (κ1) is 20.7. The summed E-state index contributed by atoms with van der Waals surface area (Å²) in [6.07, 6.45) is 3.64. The van der Waals surface area contributed by atoms with Crippen molar-refractivity contribution >= 4 is 32.7 Å². The molecular formula is C18H24N4O4S2. The molecule has 152 valence electrons. The van der Waals surface area contributed by atoms with Gasteiger partial charge in [-0.25, -0.2) is 13.4 Å².